The van der Waals surface area contributed by atoms with E-state index < -0.39 is 24.4 Å². The van der Waals surface area contributed by atoms with Gasteiger partial charge in [-0.1, -0.05) is 30.3 Å². The van der Waals surface area contributed by atoms with E-state index in [-0.39, 0.29) is 24.9 Å². The molecule has 0 aliphatic carbocycles. The number of hydrogen-bond acceptors (Lipinski definition) is 6. The second kappa shape index (κ2) is 9.97. The lowest BCUT2D eigenvalue weighted by Crippen LogP contribution is -2.30. The van der Waals surface area contributed by atoms with E-state index in [1.165, 1.54) is 14.2 Å². The SMILES string of the molecule is COc1ccc(OC)c(NC(=O)COC(=O)[C@H]2CC(=O)N([C@H](C)c3ccccc3)C2)c1. The monoisotopic (exact) mass is 426 g/mol. The Labute approximate surface area is 181 Å². The van der Waals surface area contributed by atoms with Crippen LogP contribution in [0.15, 0.2) is 48.5 Å². The maximum Gasteiger partial charge on any atom is 0.311 e. The van der Waals surface area contributed by atoms with Gasteiger partial charge in [0.1, 0.15) is 11.5 Å². The number of amides is 2. The summed E-state index contributed by atoms with van der Waals surface area (Å²) >= 11 is 0. The third-order valence-electron chi connectivity index (χ3n) is 5.27. The topological polar surface area (TPSA) is 94.2 Å². The number of methoxy groups -OCH3 is 2. The van der Waals surface area contributed by atoms with E-state index in [4.69, 9.17) is 14.2 Å². The summed E-state index contributed by atoms with van der Waals surface area (Å²) < 4.78 is 15.5. The standard InChI is InChI=1S/C23H26N2O6/c1-15(16-7-5-4-6-8-16)25-13-17(11-22(25)27)23(28)31-14-21(26)24-19-12-18(29-2)9-10-20(19)30-3/h4-10,12,15,17H,11,13-14H2,1-3H3,(H,24,26)/t15-,17+/m1/s1. The van der Waals surface area contributed by atoms with Crippen LogP contribution in [0.1, 0.15) is 24.9 Å². The molecule has 1 heterocycles. The fraction of sp³-hybridized carbons (Fsp3) is 0.348. The minimum absolute atomic E-state index is 0.0708. The summed E-state index contributed by atoms with van der Waals surface area (Å²) in [5, 5.41) is 2.64. The molecule has 1 aliphatic heterocycles. The third kappa shape index (κ3) is 5.33. The van der Waals surface area contributed by atoms with Crippen molar-refractivity contribution in [3.05, 3.63) is 54.1 Å². The van der Waals surface area contributed by atoms with Gasteiger partial charge >= 0.3 is 5.97 Å². The second-order valence-corrected chi connectivity index (χ2v) is 7.26. The Balaban J connectivity index is 1.54. The molecule has 8 heteroatoms. The Morgan fingerprint density at radius 1 is 1.13 bits per heavy atom. The Morgan fingerprint density at radius 3 is 2.55 bits per heavy atom. The van der Waals surface area contributed by atoms with Crippen LogP contribution in [0.4, 0.5) is 5.69 Å². The van der Waals surface area contributed by atoms with Crippen molar-refractivity contribution < 1.29 is 28.6 Å². The number of esters is 1. The quantitative estimate of drug-likeness (QED) is 0.653. The molecule has 3 rings (SSSR count). The molecule has 0 saturated carbocycles. The Morgan fingerprint density at radius 2 is 1.87 bits per heavy atom. The number of rotatable bonds is 8. The van der Waals surface area contributed by atoms with Gasteiger partial charge in [-0.05, 0) is 24.6 Å². The number of nitrogens with zero attached hydrogens (tertiary/aromatic N) is 1. The van der Waals surface area contributed by atoms with Crippen LogP contribution < -0.4 is 14.8 Å². The first kappa shape index (κ1) is 22.1. The van der Waals surface area contributed by atoms with E-state index in [0.29, 0.717) is 17.2 Å². The lowest BCUT2D eigenvalue weighted by Gasteiger charge is -2.25. The summed E-state index contributed by atoms with van der Waals surface area (Å²) in [4.78, 5) is 38.8. The average Bonchev–Trinajstić information content (AvgIpc) is 3.19. The summed E-state index contributed by atoms with van der Waals surface area (Å²) in [6.07, 6.45) is 0.0708. The van der Waals surface area contributed by atoms with Crippen molar-refractivity contribution in [1.29, 1.82) is 0 Å². The molecule has 2 amide bonds. The van der Waals surface area contributed by atoms with Crippen molar-refractivity contribution in [2.24, 2.45) is 5.92 Å². The van der Waals surface area contributed by atoms with Crippen molar-refractivity contribution in [2.45, 2.75) is 19.4 Å². The summed E-state index contributed by atoms with van der Waals surface area (Å²) in [6.45, 7) is 1.73. The highest BCUT2D eigenvalue weighted by atomic mass is 16.5. The van der Waals surface area contributed by atoms with Crippen LogP contribution in [-0.4, -0.2) is 50.1 Å². The van der Waals surface area contributed by atoms with Crippen LogP contribution in [0.3, 0.4) is 0 Å². The maximum absolute atomic E-state index is 12.5. The number of hydrogen-bond donors (Lipinski definition) is 1. The highest BCUT2D eigenvalue weighted by Gasteiger charge is 2.38. The number of carbonyl (C=O) groups is 3. The number of benzene rings is 2. The zero-order valence-electron chi connectivity index (χ0n) is 17.8. The van der Waals surface area contributed by atoms with Gasteiger partial charge in [-0.25, -0.2) is 0 Å². The molecule has 2 aromatic carbocycles. The average molecular weight is 426 g/mol. The van der Waals surface area contributed by atoms with Gasteiger partial charge < -0.3 is 24.4 Å². The molecule has 1 aliphatic rings. The van der Waals surface area contributed by atoms with Gasteiger partial charge in [0, 0.05) is 19.0 Å². The van der Waals surface area contributed by atoms with Crippen molar-refractivity contribution in [1.82, 2.24) is 4.90 Å². The van der Waals surface area contributed by atoms with E-state index in [1.54, 1.807) is 23.1 Å². The summed E-state index contributed by atoms with van der Waals surface area (Å²) in [6, 6.07) is 14.4. The minimum atomic E-state index is -0.599. The maximum atomic E-state index is 12.5. The number of anilines is 1. The van der Waals surface area contributed by atoms with Crippen molar-refractivity contribution in [2.75, 3.05) is 32.7 Å². The van der Waals surface area contributed by atoms with Gasteiger partial charge in [-0.15, -0.1) is 0 Å². The van der Waals surface area contributed by atoms with Gasteiger partial charge in [-0.3, -0.25) is 14.4 Å². The number of ether oxygens (including phenoxy) is 3. The van der Waals surface area contributed by atoms with Crippen LogP contribution >= 0.6 is 0 Å². The summed E-state index contributed by atoms with van der Waals surface area (Å²) in [7, 11) is 3.00. The minimum Gasteiger partial charge on any atom is -0.497 e. The fourth-order valence-corrected chi connectivity index (χ4v) is 3.53. The fourth-order valence-electron chi connectivity index (χ4n) is 3.53. The van der Waals surface area contributed by atoms with E-state index in [0.717, 1.165) is 5.56 Å². The number of carbonyl (C=O) groups excluding carboxylic acids is 3. The van der Waals surface area contributed by atoms with Crippen molar-refractivity contribution >= 4 is 23.5 Å². The number of likely N-dealkylation sites (tertiary alicyclic amines) is 1. The molecule has 0 bridgehead atoms. The molecule has 1 N–H and O–H groups in total. The Bertz CT molecular complexity index is 946. The highest BCUT2D eigenvalue weighted by molar-refractivity contribution is 5.95. The van der Waals surface area contributed by atoms with Gasteiger partial charge in [-0.2, -0.15) is 0 Å². The Hall–Kier alpha value is -3.55. The first-order valence-corrected chi connectivity index (χ1v) is 9.95. The zero-order valence-corrected chi connectivity index (χ0v) is 17.8. The number of nitrogens with one attached hydrogen (secondary N) is 1. The molecule has 0 aromatic heterocycles. The first-order valence-electron chi connectivity index (χ1n) is 9.95. The van der Waals surface area contributed by atoms with Crippen LogP contribution in [0.5, 0.6) is 11.5 Å². The van der Waals surface area contributed by atoms with Gasteiger partial charge in [0.15, 0.2) is 6.61 Å². The van der Waals surface area contributed by atoms with Crippen LogP contribution in [0.2, 0.25) is 0 Å². The van der Waals surface area contributed by atoms with Crippen LogP contribution in [0.25, 0.3) is 0 Å². The Kier molecular flexibility index (Phi) is 7.12. The molecule has 0 spiro atoms. The zero-order chi connectivity index (χ0) is 22.4. The van der Waals surface area contributed by atoms with Crippen molar-refractivity contribution in [3.8, 4) is 11.5 Å². The lowest BCUT2D eigenvalue weighted by molar-refractivity contribution is -0.151. The molecule has 0 radical (unpaired) electrons. The second-order valence-electron chi connectivity index (χ2n) is 7.26. The van der Waals surface area contributed by atoms with E-state index in [1.807, 2.05) is 37.3 Å². The third-order valence-corrected chi connectivity index (χ3v) is 5.27. The molecular weight excluding hydrogens is 400 g/mol. The van der Waals surface area contributed by atoms with Crippen molar-refractivity contribution in [3.63, 3.8) is 0 Å². The first-order chi connectivity index (χ1) is 14.9. The lowest BCUT2D eigenvalue weighted by atomic mass is 10.1. The normalized spacial score (nSPS) is 16.5. The van der Waals surface area contributed by atoms with Gasteiger partial charge in [0.05, 0.1) is 31.9 Å². The highest BCUT2D eigenvalue weighted by Crippen LogP contribution is 2.30. The van der Waals surface area contributed by atoms with E-state index >= 15 is 0 Å². The van der Waals surface area contributed by atoms with Crippen LogP contribution in [0, 0.1) is 5.92 Å². The molecular formula is C23H26N2O6. The van der Waals surface area contributed by atoms with Crippen LogP contribution in [-0.2, 0) is 19.1 Å². The van der Waals surface area contributed by atoms with Gasteiger partial charge in [0.2, 0.25) is 5.91 Å². The largest absolute Gasteiger partial charge is 0.497 e. The molecule has 2 aromatic rings. The molecule has 2 atom stereocenters. The molecule has 31 heavy (non-hydrogen) atoms. The molecule has 0 unspecified atom stereocenters. The molecule has 164 valence electrons. The summed E-state index contributed by atoms with van der Waals surface area (Å²) in [5.74, 6) is -0.790. The summed E-state index contributed by atoms with van der Waals surface area (Å²) in [5.41, 5.74) is 1.40. The molecule has 1 saturated heterocycles. The molecule has 8 nitrogen and oxygen atoms in total. The van der Waals surface area contributed by atoms with E-state index in [9.17, 15) is 14.4 Å². The van der Waals surface area contributed by atoms with E-state index in [2.05, 4.69) is 5.32 Å². The molecule has 1 fully saturated rings. The smallest absolute Gasteiger partial charge is 0.311 e. The van der Waals surface area contributed by atoms with Gasteiger partial charge in [0.25, 0.3) is 5.91 Å². The predicted octanol–water partition coefficient (Wildman–Crippen LogP) is 2.80. The predicted molar refractivity (Wildman–Crippen MR) is 114 cm³/mol.